The van der Waals surface area contributed by atoms with Crippen molar-refractivity contribution in [2.75, 3.05) is 13.2 Å². The molecule has 78 valence electrons. The van der Waals surface area contributed by atoms with E-state index in [2.05, 4.69) is 0 Å². The molecule has 0 saturated carbocycles. The number of phenols is 2. The van der Waals surface area contributed by atoms with Crippen molar-refractivity contribution < 1.29 is 20.4 Å². The number of rotatable bonds is 4. The quantitative estimate of drug-likeness (QED) is 0.556. The molecular weight excluding hydrogens is 184 g/mol. The summed E-state index contributed by atoms with van der Waals surface area (Å²) in [5.41, 5.74) is 1.16. The van der Waals surface area contributed by atoms with Crippen LogP contribution in [0.3, 0.4) is 0 Å². The molecule has 1 aromatic carbocycles. The second kappa shape index (κ2) is 4.83. The molecular formula is C10H14O4. The van der Waals surface area contributed by atoms with Crippen LogP contribution in [0.25, 0.3) is 0 Å². The largest absolute Gasteiger partial charge is 0.508 e. The standard InChI is InChI=1S/C10H14O4/c11-3-1-7-5-8(2-4-12)10(14)6-9(7)13/h5-6,11-14H,1-4H2. The highest BCUT2D eigenvalue weighted by atomic mass is 16.3. The number of aliphatic hydroxyl groups is 2. The average Bonchev–Trinajstić information content (AvgIpc) is 2.14. The second-order valence-electron chi connectivity index (χ2n) is 3.06. The van der Waals surface area contributed by atoms with Crippen molar-refractivity contribution >= 4 is 0 Å². The zero-order valence-electron chi connectivity index (χ0n) is 7.77. The SMILES string of the molecule is OCCc1cc(CCO)c(O)cc1O. The Morgan fingerprint density at radius 2 is 1.21 bits per heavy atom. The maximum Gasteiger partial charge on any atom is 0.122 e. The number of hydrogen-bond donors (Lipinski definition) is 4. The Bertz CT molecular complexity index is 282. The molecule has 0 amide bonds. The van der Waals surface area contributed by atoms with Crippen molar-refractivity contribution in [3.8, 4) is 11.5 Å². The highest BCUT2D eigenvalue weighted by molar-refractivity contribution is 5.45. The van der Waals surface area contributed by atoms with Gasteiger partial charge in [0.2, 0.25) is 0 Å². The predicted molar refractivity (Wildman–Crippen MR) is 51.4 cm³/mol. The smallest absolute Gasteiger partial charge is 0.122 e. The molecule has 0 fully saturated rings. The molecule has 4 nitrogen and oxygen atoms in total. The molecule has 14 heavy (non-hydrogen) atoms. The van der Waals surface area contributed by atoms with Gasteiger partial charge in [-0.2, -0.15) is 0 Å². The average molecular weight is 198 g/mol. The van der Waals surface area contributed by atoms with Crippen molar-refractivity contribution in [2.24, 2.45) is 0 Å². The molecule has 0 atom stereocenters. The molecule has 0 saturated heterocycles. The molecule has 0 radical (unpaired) electrons. The van der Waals surface area contributed by atoms with Crippen molar-refractivity contribution in [1.29, 1.82) is 0 Å². The normalized spacial score (nSPS) is 10.4. The lowest BCUT2D eigenvalue weighted by atomic mass is 10.0. The maximum absolute atomic E-state index is 9.38. The Kier molecular flexibility index (Phi) is 3.73. The summed E-state index contributed by atoms with van der Waals surface area (Å²) in [5.74, 6) is -0.0588. The van der Waals surface area contributed by atoms with Crippen LogP contribution >= 0.6 is 0 Å². The number of benzene rings is 1. The highest BCUT2D eigenvalue weighted by Crippen LogP contribution is 2.27. The molecule has 0 unspecified atom stereocenters. The van der Waals surface area contributed by atoms with Crippen molar-refractivity contribution in [2.45, 2.75) is 12.8 Å². The second-order valence-corrected chi connectivity index (χ2v) is 3.06. The van der Waals surface area contributed by atoms with Gasteiger partial charge >= 0.3 is 0 Å². The van der Waals surface area contributed by atoms with Gasteiger partial charge in [0.05, 0.1) is 0 Å². The van der Waals surface area contributed by atoms with Gasteiger partial charge in [-0.15, -0.1) is 0 Å². The summed E-state index contributed by atoms with van der Waals surface area (Å²) in [4.78, 5) is 0. The van der Waals surface area contributed by atoms with Crippen LogP contribution in [0.15, 0.2) is 12.1 Å². The highest BCUT2D eigenvalue weighted by Gasteiger charge is 2.07. The lowest BCUT2D eigenvalue weighted by Gasteiger charge is -2.08. The molecule has 0 spiro atoms. The summed E-state index contributed by atoms with van der Waals surface area (Å²) in [7, 11) is 0. The molecule has 4 heteroatoms. The van der Waals surface area contributed by atoms with E-state index in [4.69, 9.17) is 10.2 Å². The van der Waals surface area contributed by atoms with Gasteiger partial charge in [0.15, 0.2) is 0 Å². The van der Waals surface area contributed by atoms with E-state index in [0.717, 1.165) is 0 Å². The Morgan fingerprint density at radius 3 is 1.57 bits per heavy atom. The Hall–Kier alpha value is -1.26. The summed E-state index contributed by atoms with van der Waals surface area (Å²) in [6, 6.07) is 2.83. The lowest BCUT2D eigenvalue weighted by Crippen LogP contribution is -1.96. The monoisotopic (exact) mass is 198 g/mol. The predicted octanol–water partition coefficient (Wildman–Crippen LogP) is 0.167. The van der Waals surface area contributed by atoms with E-state index in [0.29, 0.717) is 24.0 Å². The van der Waals surface area contributed by atoms with Crippen LogP contribution in [0, 0.1) is 0 Å². The molecule has 0 heterocycles. The lowest BCUT2D eigenvalue weighted by molar-refractivity contribution is 0.294. The first kappa shape index (κ1) is 10.8. The first-order valence-corrected chi connectivity index (χ1v) is 4.44. The molecule has 1 rings (SSSR count). The van der Waals surface area contributed by atoms with Crippen LogP contribution in [0.1, 0.15) is 11.1 Å². The summed E-state index contributed by atoms with van der Waals surface area (Å²) in [6.45, 7) is -0.117. The zero-order chi connectivity index (χ0) is 10.6. The van der Waals surface area contributed by atoms with E-state index < -0.39 is 0 Å². The Labute approximate surface area is 82.1 Å². The molecule has 0 aliphatic heterocycles. The van der Waals surface area contributed by atoms with Crippen LogP contribution in [0.5, 0.6) is 11.5 Å². The fraction of sp³-hybridized carbons (Fsp3) is 0.400. The van der Waals surface area contributed by atoms with Gasteiger partial charge in [-0.05, 0) is 30.0 Å². The van der Waals surface area contributed by atoms with Crippen LogP contribution in [-0.4, -0.2) is 33.6 Å². The van der Waals surface area contributed by atoms with Crippen LogP contribution in [-0.2, 0) is 12.8 Å². The number of phenolic OH excluding ortho intramolecular Hbond substituents is 2. The minimum atomic E-state index is -0.0586. The first-order chi connectivity index (χ1) is 6.69. The topological polar surface area (TPSA) is 80.9 Å². The van der Waals surface area contributed by atoms with Gasteiger partial charge in [-0.25, -0.2) is 0 Å². The number of hydrogen-bond acceptors (Lipinski definition) is 4. The molecule has 0 aliphatic rings. The van der Waals surface area contributed by atoms with E-state index in [1.54, 1.807) is 6.07 Å². The van der Waals surface area contributed by atoms with E-state index in [9.17, 15) is 10.2 Å². The third-order valence-electron chi connectivity index (χ3n) is 2.04. The third-order valence-corrected chi connectivity index (χ3v) is 2.04. The van der Waals surface area contributed by atoms with Crippen LogP contribution < -0.4 is 0 Å². The van der Waals surface area contributed by atoms with E-state index >= 15 is 0 Å². The van der Waals surface area contributed by atoms with Gasteiger partial charge in [0.1, 0.15) is 11.5 Å². The Morgan fingerprint density at radius 1 is 0.786 bits per heavy atom. The fourth-order valence-corrected chi connectivity index (χ4v) is 1.31. The van der Waals surface area contributed by atoms with Gasteiger partial charge in [-0.1, -0.05) is 0 Å². The fourth-order valence-electron chi connectivity index (χ4n) is 1.31. The molecule has 1 aromatic rings. The zero-order valence-corrected chi connectivity index (χ0v) is 7.77. The molecule has 0 bridgehead atoms. The molecule has 4 N–H and O–H groups in total. The molecule has 0 aromatic heterocycles. The summed E-state index contributed by atoms with van der Waals surface area (Å²) in [5, 5.41) is 36.2. The maximum atomic E-state index is 9.38. The van der Waals surface area contributed by atoms with Crippen LogP contribution in [0.2, 0.25) is 0 Å². The van der Waals surface area contributed by atoms with Gasteiger partial charge in [0.25, 0.3) is 0 Å². The summed E-state index contributed by atoms with van der Waals surface area (Å²) < 4.78 is 0. The van der Waals surface area contributed by atoms with Gasteiger partial charge in [0, 0.05) is 19.3 Å². The van der Waals surface area contributed by atoms with Gasteiger partial charge < -0.3 is 20.4 Å². The Balaban J connectivity index is 3.00. The van der Waals surface area contributed by atoms with Crippen molar-refractivity contribution in [3.05, 3.63) is 23.3 Å². The number of aromatic hydroxyl groups is 2. The van der Waals surface area contributed by atoms with Gasteiger partial charge in [-0.3, -0.25) is 0 Å². The molecule has 0 aliphatic carbocycles. The van der Waals surface area contributed by atoms with Crippen molar-refractivity contribution in [3.63, 3.8) is 0 Å². The van der Waals surface area contributed by atoms with E-state index in [1.807, 2.05) is 0 Å². The first-order valence-electron chi connectivity index (χ1n) is 4.44. The third kappa shape index (κ3) is 2.37. The summed E-state index contributed by atoms with van der Waals surface area (Å²) in [6.07, 6.45) is 0.676. The number of aliphatic hydroxyl groups excluding tert-OH is 2. The minimum Gasteiger partial charge on any atom is -0.508 e. The minimum absolute atomic E-state index is 0.0294. The van der Waals surface area contributed by atoms with Crippen LogP contribution in [0.4, 0.5) is 0 Å². The van der Waals surface area contributed by atoms with E-state index in [-0.39, 0.29) is 24.7 Å². The summed E-state index contributed by atoms with van der Waals surface area (Å²) >= 11 is 0. The van der Waals surface area contributed by atoms with E-state index in [1.165, 1.54) is 6.07 Å². The van der Waals surface area contributed by atoms with Crippen molar-refractivity contribution in [1.82, 2.24) is 0 Å².